The molecule has 0 amide bonds. The Morgan fingerprint density at radius 2 is 2.00 bits per heavy atom. The lowest BCUT2D eigenvalue weighted by Crippen LogP contribution is -2.21. The second kappa shape index (κ2) is 8.21. The Labute approximate surface area is 117 Å². The lowest BCUT2D eigenvalue weighted by molar-refractivity contribution is 0.292. The molecular formula is C17H27NO. The van der Waals surface area contributed by atoms with Gasteiger partial charge in [-0.2, -0.15) is 0 Å². The van der Waals surface area contributed by atoms with Crippen LogP contribution in [0.15, 0.2) is 24.3 Å². The van der Waals surface area contributed by atoms with Crippen LogP contribution in [0.2, 0.25) is 0 Å². The molecule has 106 valence electrons. The topological polar surface area (TPSA) is 21.3 Å². The van der Waals surface area contributed by atoms with Crippen LogP contribution in [0.3, 0.4) is 0 Å². The van der Waals surface area contributed by atoms with Gasteiger partial charge in [-0.3, -0.25) is 0 Å². The fourth-order valence-electron chi connectivity index (χ4n) is 2.36. The summed E-state index contributed by atoms with van der Waals surface area (Å²) in [6, 6.07) is 8.49. The highest BCUT2D eigenvalue weighted by molar-refractivity contribution is 5.27. The first-order chi connectivity index (χ1) is 9.38. The largest absolute Gasteiger partial charge is 0.494 e. The van der Waals surface area contributed by atoms with Gasteiger partial charge in [-0.15, -0.1) is 0 Å². The van der Waals surface area contributed by atoms with Crippen LogP contribution in [0.1, 0.15) is 51.0 Å². The number of nitrogens with one attached hydrogen (secondary N) is 1. The maximum atomic E-state index is 5.66. The molecule has 0 atom stereocenters. The third-order valence-electron chi connectivity index (χ3n) is 3.97. The molecule has 1 aromatic carbocycles. The first kappa shape index (κ1) is 14.4. The maximum absolute atomic E-state index is 5.66. The Hall–Kier alpha value is -1.02. The minimum absolute atomic E-state index is 0.829. The zero-order valence-corrected chi connectivity index (χ0v) is 12.2. The van der Waals surface area contributed by atoms with Crippen molar-refractivity contribution in [1.82, 2.24) is 5.32 Å². The molecule has 0 radical (unpaired) electrons. The lowest BCUT2D eigenvalue weighted by atomic mass is 9.83. The Balaban J connectivity index is 1.60. The lowest BCUT2D eigenvalue weighted by Gasteiger charge is -2.25. The van der Waals surface area contributed by atoms with Gasteiger partial charge in [0.1, 0.15) is 5.75 Å². The molecule has 1 N–H and O–H groups in total. The Bertz CT molecular complexity index is 343. The van der Waals surface area contributed by atoms with Crippen LogP contribution in [0.5, 0.6) is 5.75 Å². The maximum Gasteiger partial charge on any atom is 0.119 e. The molecule has 0 unspecified atom stereocenters. The summed E-state index contributed by atoms with van der Waals surface area (Å²) in [7, 11) is 0. The fourth-order valence-corrected chi connectivity index (χ4v) is 2.36. The van der Waals surface area contributed by atoms with Gasteiger partial charge in [0, 0.05) is 6.54 Å². The van der Waals surface area contributed by atoms with Gasteiger partial charge >= 0.3 is 0 Å². The van der Waals surface area contributed by atoms with Crippen LogP contribution in [-0.2, 0) is 6.54 Å². The van der Waals surface area contributed by atoms with E-state index >= 15 is 0 Å². The van der Waals surface area contributed by atoms with Gasteiger partial charge in [-0.25, -0.2) is 0 Å². The van der Waals surface area contributed by atoms with Gasteiger partial charge in [0.2, 0.25) is 0 Å². The highest BCUT2D eigenvalue weighted by Gasteiger charge is 2.15. The molecule has 2 heteroatoms. The van der Waals surface area contributed by atoms with Crippen molar-refractivity contribution in [3.8, 4) is 5.75 Å². The minimum Gasteiger partial charge on any atom is -0.494 e. The summed E-state index contributed by atoms with van der Waals surface area (Å²) < 4.78 is 5.66. The monoisotopic (exact) mass is 261 g/mol. The van der Waals surface area contributed by atoms with E-state index in [1.165, 1.54) is 37.7 Å². The summed E-state index contributed by atoms with van der Waals surface area (Å²) in [5, 5.41) is 3.53. The predicted octanol–water partition coefficient (Wildman–Crippen LogP) is 4.15. The van der Waals surface area contributed by atoms with Gasteiger partial charge < -0.3 is 10.1 Å². The minimum atomic E-state index is 0.829. The summed E-state index contributed by atoms with van der Waals surface area (Å²) in [6.07, 6.45) is 8.01. The van der Waals surface area contributed by atoms with E-state index < -0.39 is 0 Å². The molecule has 1 saturated carbocycles. The summed E-state index contributed by atoms with van der Waals surface area (Å²) >= 11 is 0. The third kappa shape index (κ3) is 5.23. The molecule has 0 spiro atoms. The van der Waals surface area contributed by atoms with Gasteiger partial charge in [-0.1, -0.05) is 44.7 Å². The zero-order chi connectivity index (χ0) is 13.3. The van der Waals surface area contributed by atoms with E-state index in [0.717, 1.165) is 37.8 Å². The van der Waals surface area contributed by atoms with Crippen LogP contribution in [0.4, 0.5) is 0 Å². The highest BCUT2D eigenvalue weighted by atomic mass is 16.5. The Morgan fingerprint density at radius 1 is 1.21 bits per heavy atom. The van der Waals surface area contributed by atoms with E-state index in [4.69, 9.17) is 4.74 Å². The van der Waals surface area contributed by atoms with Crippen molar-refractivity contribution < 1.29 is 4.74 Å². The summed E-state index contributed by atoms with van der Waals surface area (Å²) in [5.74, 6) is 1.99. The highest BCUT2D eigenvalue weighted by Crippen LogP contribution is 2.28. The molecule has 1 aliphatic carbocycles. The van der Waals surface area contributed by atoms with Gasteiger partial charge in [-0.05, 0) is 43.0 Å². The number of rotatable bonds is 9. The van der Waals surface area contributed by atoms with Crippen molar-refractivity contribution in [3.63, 3.8) is 0 Å². The number of hydrogen-bond acceptors (Lipinski definition) is 2. The van der Waals surface area contributed by atoms with Crippen LogP contribution in [0.25, 0.3) is 0 Å². The molecule has 1 fully saturated rings. The second-order valence-electron chi connectivity index (χ2n) is 5.61. The van der Waals surface area contributed by atoms with Crippen molar-refractivity contribution in [1.29, 1.82) is 0 Å². The van der Waals surface area contributed by atoms with Crippen LogP contribution in [0, 0.1) is 5.92 Å². The van der Waals surface area contributed by atoms with Crippen molar-refractivity contribution in [2.75, 3.05) is 13.2 Å². The number of hydrogen-bond donors (Lipinski definition) is 1. The van der Waals surface area contributed by atoms with Gasteiger partial charge in [0.15, 0.2) is 0 Å². The van der Waals surface area contributed by atoms with E-state index in [9.17, 15) is 0 Å². The fraction of sp³-hybridized carbons (Fsp3) is 0.647. The summed E-state index contributed by atoms with van der Waals surface area (Å²) in [5.41, 5.74) is 1.34. The van der Waals surface area contributed by atoms with Crippen LogP contribution < -0.4 is 10.1 Å². The quantitative estimate of drug-likeness (QED) is 0.674. The number of benzene rings is 1. The smallest absolute Gasteiger partial charge is 0.119 e. The Morgan fingerprint density at radius 3 is 2.63 bits per heavy atom. The molecule has 0 bridgehead atoms. The first-order valence-corrected chi connectivity index (χ1v) is 7.81. The van der Waals surface area contributed by atoms with Gasteiger partial charge in [0.05, 0.1) is 6.61 Å². The molecule has 1 aromatic rings. The summed E-state index contributed by atoms with van der Waals surface area (Å²) in [4.78, 5) is 0. The number of ether oxygens (including phenoxy) is 1. The average Bonchev–Trinajstić information content (AvgIpc) is 2.38. The van der Waals surface area contributed by atoms with Crippen molar-refractivity contribution in [2.24, 2.45) is 5.92 Å². The Kier molecular flexibility index (Phi) is 6.22. The van der Waals surface area contributed by atoms with E-state index in [2.05, 4.69) is 36.5 Å². The van der Waals surface area contributed by atoms with E-state index in [1.54, 1.807) is 0 Å². The number of unbranched alkanes of at least 4 members (excludes halogenated alkanes) is 1. The standard InChI is InChI=1S/C17H27NO/c1-2-3-13-19-17-9-7-16(8-10-17)14-18-12-11-15-5-4-6-15/h7-10,15,18H,2-6,11-14H2,1H3. The molecule has 2 nitrogen and oxygen atoms in total. The van der Waals surface area contributed by atoms with E-state index in [-0.39, 0.29) is 0 Å². The normalized spacial score (nSPS) is 15.2. The van der Waals surface area contributed by atoms with Crippen molar-refractivity contribution >= 4 is 0 Å². The van der Waals surface area contributed by atoms with Crippen molar-refractivity contribution in [3.05, 3.63) is 29.8 Å². The predicted molar refractivity (Wildman–Crippen MR) is 80.5 cm³/mol. The second-order valence-corrected chi connectivity index (χ2v) is 5.61. The molecule has 0 heterocycles. The zero-order valence-electron chi connectivity index (χ0n) is 12.2. The molecular weight excluding hydrogens is 234 g/mol. The van der Waals surface area contributed by atoms with E-state index in [1.807, 2.05) is 0 Å². The van der Waals surface area contributed by atoms with E-state index in [0.29, 0.717) is 0 Å². The third-order valence-corrected chi connectivity index (χ3v) is 3.97. The molecule has 19 heavy (non-hydrogen) atoms. The molecule has 0 aromatic heterocycles. The van der Waals surface area contributed by atoms with Crippen LogP contribution >= 0.6 is 0 Å². The SMILES string of the molecule is CCCCOc1ccc(CNCCC2CCC2)cc1. The van der Waals surface area contributed by atoms with Crippen molar-refractivity contribution in [2.45, 2.75) is 52.0 Å². The summed E-state index contributed by atoms with van der Waals surface area (Å²) in [6.45, 7) is 5.14. The molecule has 2 rings (SSSR count). The molecule has 0 aliphatic heterocycles. The average molecular weight is 261 g/mol. The molecule has 1 aliphatic rings. The first-order valence-electron chi connectivity index (χ1n) is 7.81. The van der Waals surface area contributed by atoms with Crippen LogP contribution in [-0.4, -0.2) is 13.2 Å². The van der Waals surface area contributed by atoms with Gasteiger partial charge in [0.25, 0.3) is 0 Å². The molecule has 0 saturated heterocycles.